The second kappa shape index (κ2) is 35.5. The van der Waals surface area contributed by atoms with Gasteiger partial charge >= 0.3 is 0 Å². The van der Waals surface area contributed by atoms with Crippen molar-refractivity contribution in [3.63, 3.8) is 0 Å². The van der Waals surface area contributed by atoms with E-state index in [1.165, 1.54) is 24.3 Å². The van der Waals surface area contributed by atoms with E-state index >= 15 is 0 Å². The number of nitrogens with two attached hydrogens (primary N) is 5. The van der Waals surface area contributed by atoms with Gasteiger partial charge in [0.1, 0.15) is 54.1 Å². The minimum atomic E-state index is -2.05. The number of benzene rings is 2. The monoisotopic (exact) mass is 1230 g/mol. The van der Waals surface area contributed by atoms with E-state index in [0.29, 0.717) is 12.8 Å². The predicted molar refractivity (Wildman–Crippen MR) is 308 cm³/mol. The van der Waals surface area contributed by atoms with Crippen molar-refractivity contribution in [1.82, 2.24) is 58.1 Å². The molecule has 0 saturated carbocycles. The third-order valence-corrected chi connectivity index (χ3v) is 15.1. The molecule has 2 aliphatic rings. The lowest BCUT2D eigenvalue weighted by Crippen LogP contribution is -2.61. The molecule has 31 nitrogen and oxygen atoms in total. The van der Waals surface area contributed by atoms with Gasteiger partial charge in [-0.3, -0.25) is 67.1 Å². The van der Waals surface area contributed by atoms with Crippen molar-refractivity contribution in [3.8, 4) is 5.75 Å². The minimum Gasteiger partial charge on any atom is -0.508 e. The Morgan fingerprint density at radius 2 is 1.25 bits per heavy atom. The van der Waals surface area contributed by atoms with Crippen LogP contribution in [-0.2, 0) is 80.0 Å². The number of nitrogens with zero attached hydrogens (tertiary/aromatic N) is 1. The van der Waals surface area contributed by atoms with E-state index in [-0.39, 0.29) is 43.7 Å². The largest absolute Gasteiger partial charge is 0.508 e. The van der Waals surface area contributed by atoms with E-state index in [1.807, 2.05) is 0 Å². The molecule has 0 unspecified atom stereocenters. The van der Waals surface area contributed by atoms with Crippen LogP contribution in [0.3, 0.4) is 0 Å². The topological polar surface area (TPSA) is 513 Å². The average molecular weight is 1230 g/mol. The molecule has 2 saturated heterocycles. The highest BCUT2D eigenvalue weighted by molar-refractivity contribution is 8.76. The summed E-state index contributed by atoms with van der Waals surface area (Å²) in [7, 11) is 1.60. The lowest BCUT2D eigenvalue weighted by molar-refractivity contribution is -0.142. The van der Waals surface area contributed by atoms with Gasteiger partial charge in [-0.1, -0.05) is 63.9 Å². The number of nitrogens with one attached hydrogen (secondary N) is 10. The van der Waals surface area contributed by atoms with Crippen molar-refractivity contribution in [2.24, 2.45) is 28.7 Å². The molecule has 33 heteroatoms. The first-order valence-electron chi connectivity index (χ1n) is 29.1. The molecule has 2 aromatic carbocycles. The van der Waals surface area contributed by atoms with E-state index < -0.39 is 237 Å². The number of hydrogen-bond donors (Lipinski definition) is 16. The number of phenols is 1. The summed E-state index contributed by atoms with van der Waals surface area (Å²) in [6.45, 7) is -2.27. The number of unbranched alkanes of at least 4 members (excludes halogenated alkanes) is 1. The van der Waals surface area contributed by atoms with Crippen LogP contribution in [0.4, 0.5) is 0 Å². The second-order valence-electron chi connectivity index (χ2n) is 19.3. The summed E-state index contributed by atoms with van der Waals surface area (Å²) in [5, 5.41) is 33.9. The number of phenolic OH excluding ortho intramolecular Hbond substituents is 1. The summed E-state index contributed by atoms with van der Waals surface area (Å²) in [4.78, 5) is 191. The summed E-state index contributed by atoms with van der Waals surface area (Å²) in [6, 6.07) is -12.6. The number of carbonyl (C=O) groups is 14. The fraction of sp³-hybridized carbons (Fsp3) is 0.500. The molecular formula is C52H74N16O15S2. The first-order valence-corrected chi connectivity index (χ1v) is 29.1. The third kappa shape index (κ3) is 24.3. The molecular weight excluding hydrogens is 1150 g/mol. The number of amides is 14. The van der Waals surface area contributed by atoms with Crippen molar-refractivity contribution < 1.29 is 79.1 Å². The molecule has 0 bridgehead atoms. The van der Waals surface area contributed by atoms with Crippen molar-refractivity contribution in [1.29, 1.82) is 0 Å². The van der Waals surface area contributed by atoms with Crippen LogP contribution in [0.1, 0.15) is 69.3 Å². The molecule has 21 N–H and O–H groups in total. The number of primary amides is 3. The standard InChI is InChI=1S/C52H74N16O15S2/c53-17-5-4-9-31(45(76)60-23-41(57)72)63-51(82)38-10-6-18-68(38)52(83)37-27-85-84-26-36(61-44(75)25-59-43(74)24-58-42(73)22-54)50(81)65-34(20-29-11-13-30(69)14-12-29)48(79)64-33(19-28-7-2-1-3-8-28)47(78)62-32(15-16-39(55)70)46(77)66-35(21-40(56)71)49(80)67-37/h1-3,7-8,11-14,31-38,69H,4-6,9-10,15-27,53-54H2,(H2,55,70)(H2,56,71)(H2,57,72)(H,58,73)(H,59,74)(H,60,76)(H,61,75)(H,62,78)(H,63,82)(H,64,79)(H,65,81)(H,66,77)(H,67,80)/t31-,32-,33+,34-,35-,36-,37-,38-/m0/s1/i1D,2D,3D,7D,8D. The summed E-state index contributed by atoms with van der Waals surface area (Å²) in [5.41, 5.74) is 26.9. The van der Waals surface area contributed by atoms with Crippen LogP contribution < -0.4 is 81.8 Å². The normalized spacial score (nSPS) is 22.0. The molecule has 8 atom stereocenters. The SMILES string of the molecule is [2H]c1c([2H])c([2H])c(C[C@H]2NC(=O)[C@H](Cc3ccc(O)cc3)NC(=O)[C@@H](NC(=O)CNC(=O)CNC(=O)CN)CSSC[C@@H](C(=O)N3CCC[C@H]3C(=O)N[C@@H](CCCCN)C(=O)NCC(N)=O)NC(=O)[C@H](CC(N)=O)NC(=O)[C@H](CCC(N)=O)NC2=O)c([2H])c1[2H]. The Labute approximate surface area is 503 Å². The van der Waals surface area contributed by atoms with E-state index in [9.17, 15) is 72.2 Å². The zero-order valence-electron chi connectivity index (χ0n) is 51.0. The molecule has 2 aromatic rings. The Kier molecular flexibility index (Phi) is 25.5. The molecule has 2 aliphatic heterocycles. The number of likely N-dealkylation sites (tertiary alicyclic amines) is 1. The quantitative estimate of drug-likeness (QED) is 0.0324. The molecule has 2 fully saturated rings. The fourth-order valence-electron chi connectivity index (χ4n) is 8.35. The lowest BCUT2D eigenvalue weighted by Gasteiger charge is -2.31. The summed E-state index contributed by atoms with van der Waals surface area (Å²) < 4.78 is 42.0. The molecule has 2 heterocycles. The summed E-state index contributed by atoms with van der Waals surface area (Å²) >= 11 is 0. The van der Waals surface area contributed by atoms with Crippen LogP contribution in [0.2, 0.25) is 0 Å². The molecule has 0 aliphatic carbocycles. The van der Waals surface area contributed by atoms with E-state index in [1.54, 1.807) is 0 Å². The van der Waals surface area contributed by atoms with Crippen molar-refractivity contribution in [2.45, 2.75) is 113 Å². The average Bonchev–Trinajstić information content (AvgIpc) is 2.23. The van der Waals surface area contributed by atoms with Crippen LogP contribution in [0.5, 0.6) is 5.75 Å². The summed E-state index contributed by atoms with van der Waals surface area (Å²) in [6.07, 6.45) is -2.55. The Bertz CT molecular complexity index is 3000. The van der Waals surface area contributed by atoms with Gasteiger partial charge < -0.3 is 91.8 Å². The maximum absolute atomic E-state index is 14.9. The van der Waals surface area contributed by atoms with Gasteiger partial charge in [-0.25, -0.2) is 0 Å². The van der Waals surface area contributed by atoms with Crippen molar-refractivity contribution >= 4 is 104 Å². The number of rotatable bonds is 25. The summed E-state index contributed by atoms with van der Waals surface area (Å²) in [5.74, 6) is -15.5. The van der Waals surface area contributed by atoms with Crippen LogP contribution in [-0.4, -0.2) is 192 Å². The van der Waals surface area contributed by atoms with Gasteiger partial charge in [-0.15, -0.1) is 0 Å². The number of aromatic hydroxyl groups is 1. The highest BCUT2D eigenvalue weighted by Gasteiger charge is 2.41. The molecule has 0 aromatic heterocycles. The Morgan fingerprint density at radius 3 is 1.88 bits per heavy atom. The highest BCUT2D eigenvalue weighted by atomic mass is 33.1. The first-order chi connectivity index (χ1) is 42.5. The van der Waals surface area contributed by atoms with Gasteiger partial charge in [0.2, 0.25) is 82.7 Å². The van der Waals surface area contributed by atoms with Gasteiger partial charge in [0.25, 0.3) is 0 Å². The zero-order valence-corrected chi connectivity index (χ0v) is 47.6. The van der Waals surface area contributed by atoms with Crippen LogP contribution in [0.25, 0.3) is 0 Å². The van der Waals surface area contributed by atoms with Crippen LogP contribution in [0, 0.1) is 0 Å². The fourth-order valence-corrected chi connectivity index (χ4v) is 10.7. The van der Waals surface area contributed by atoms with Crippen molar-refractivity contribution in [2.75, 3.05) is 50.8 Å². The van der Waals surface area contributed by atoms with Gasteiger partial charge in [0, 0.05) is 37.3 Å². The van der Waals surface area contributed by atoms with Gasteiger partial charge in [0.15, 0.2) is 0 Å². The Hall–Kier alpha value is -8.56. The second-order valence-corrected chi connectivity index (χ2v) is 21.9. The molecule has 85 heavy (non-hydrogen) atoms. The minimum absolute atomic E-state index is 0.0335. The number of hydrogen-bond acceptors (Lipinski definition) is 19. The smallest absolute Gasteiger partial charge is 0.246 e. The maximum Gasteiger partial charge on any atom is 0.246 e. The molecule has 14 amide bonds. The van der Waals surface area contributed by atoms with Gasteiger partial charge in [-0.2, -0.15) is 0 Å². The van der Waals surface area contributed by atoms with Crippen LogP contribution >= 0.6 is 21.6 Å². The molecule has 0 spiro atoms. The first kappa shape index (κ1) is 61.0. The maximum atomic E-state index is 14.9. The van der Waals surface area contributed by atoms with Crippen LogP contribution in [0.15, 0.2) is 54.5 Å². The van der Waals surface area contributed by atoms with E-state index in [4.69, 9.17) is 35.5 Å². The molecule has 0 radical (unpaired) electrons. The predicted octanol–water partition coefficient (Wildman–Crippen LogP) is -6.98. The molecule has 464 valence electrons. The Morgan fingerprint density at radius 1 is 0.659 bits per heavy atom. The highest BCUT2D eigenvalue weighted by Crippen LogP contribution is 2.26. The van der Waals surface area contributed by atoms with Gasteiger partial charge in [-0.05, 0) is 68.3 Å². The van der Waals surface area contributed by atoms with E-state index in [2.05, 4.69) is 53.2 Å². The lowest BCUT2D eigenvalue weighted by atomic mass is 10.0. The zero-order chi connectivity index (χ0) is 66.9. The molecule has 4 rings (SSSR count). The Balaban J connectivity index is 1.88. The number of carbonyl (C=O) groups excluding carboxylic acids is 14. The van der Waals surface area contributed by atoms with Gasteiger partial charge in [0.05, 0.1) is 39.5 Å². The van der Waals surface area contributed by atoms with E-state index in [0.717, 1.165) is 26.5 Å². The van der Waals surface area contributed by atoms with Crippen molar-refractivity contribution in [3.05, 3.63) is 65.6 Å². The third-order valence-electron chi connectivity index (χ3n) is 12.7.